The van der Waals surface area contributed by atoms with Gasteiger partial charge >= 0.3 is 0 Å². The van der Waals surface area contributed by atoms with Crippen molar-refractivity contribution in [2.24, 2.45) is 0 Å². The Balaban J connectivity index is 3.16. The minimum absolute atomic E-state index is 0.392. The Bertz CT molecular complexity index is 377. The summed E-state index contributed by atoms with van der Waals surface area (Å²) in [6.07, 6.45) is -2.73. The number of alkyl halides is 3. The highest BCUT2D eigenvalue weighted by atomic mass is 35.5. The van der Waals surface area contributed by atoms with Crippen LogP contribution in [-0.4, -0.2) is 11.2 Å². The van der Waals surface area contributed by atoms with Crippen molar-refractivity contribution in [3.05, 3.63) is 35.1 Å². The largest absolute Gasteiger partial charge is 0.292 e. The first kappa shape index (κ1) is 12.0. The maximum Gasteiger partial charge on any atom is 0.263 e. The Hall–Kier alpha value is -1.03. The summed E-state index contributed by atoms with van der Waals surface area (Å²) >= 11 is 5.46. The van der Waals surface area contributed by atoms with Crippen molar-refractivity contribution in [2.75, 3.05) is 0 Å². The van der Waals surface area contributed by atoms with Crippen LogP contribution in [0.5, 0.6) is 0 Å². The van der Waals surface area contributed by atoms with Crippen molar-refractivity contribution in [3.63, 3.8) is 0 Å². The monoisotopic (exact) mass is 236 g/mol. The maximum atomic E-state index is 13.1. The molecule has 1 aromatic carbocycles. The SMILES string of the molecule is CC(Cl)C(=O)c1cc(C(F)F)ccc1F. The third-order valence-electron chi connectivity index (χ3n) is 1.87. The van der Waals surface area contributed by atoms with Crippen LogP contribution in [0.15, 0.2) is 18.2 Å². The fourth-order valence-electron chi connectivity index (χ4n) is 1.08. The van der Waals surface area contributed by atoms with Gasteiger partial charge in [0.05, 0.1) is 10.9 Å². The van der Waals surface area contributed by atoms with Crippen LogP contribution in [0.2, 0.25) is 0 Å². The Labute approximate surface area is 89.9 Å². The highest BCUT2D eigenvalue weighted by molar-refractivity contribution is 6.33. The molecule has 0 N–H and O–H groups in total. The van der Waals surface area contributed by atoms with E-state index in [4.69, 9.17) is 11.6 Å². The van der Waals surface area contributed by atoms with Gasteiger partial charge in [0, 0.05) is 5.56 Å². The summed E-state index contributed by atoms with van der Waals surface area (Å²) < 4.78 is 37.7. The van der Waals surface area contributed by atoms with Crippen LogP contribution in [-0.2, 0) is 0 Å². The molecule has 0 amide bonds. The van der Waals surface area contributed by atoms with Gasteiger partial charge in [0.1, 0.15) is 5.82 Å². The molecule has 82 valence electrons. The molecular formula is C10H8ClF3O. The van der Waals surface area contributed by atoms with Crippen LogP contribution in [0.4, 0.5) is 13.2 Å². The second-order valence-corrected chi connectivity index (χ2v) is 3.67. The molecule has 0 saturated heterocycles. The van der Waals surface area contributed by atoms with Crippen molar-refractivity contribution < 1.29 is 18.0 Å². The van der Waals surface area contributed by atoms with Gasteiger partial charge in [-0.1, -0.05) is 6.07 Å². The summed E-state index contributed by atoms with van der Waals surface area (Å²) in [7, 11) is 0. The van der Waals surface area contributed by atoms with Gasteiger partial charge in [0.25, 0.3) is 6.43 Å². The quantitative estimate of drug-likeness (QED) is 0.579. The van der Waals surface area contributed by atoms with E-state index >= 15 is 0 Å². The van der Waals surface area contributed by atoms with Gasteiger partial charge in [-0.05, 0) is 19.1 Å². The van der Waals surface area contributed by atoms with E-state index in [0.717, 1.165) is 18.2 Å². The Morgan fingerprint density at radius 2 is 2.00 bits per heavy atom. The lowest BCUT2D eigenvalue weighted by molar-refractivity contribution is 0.0987. The topological polar surface area (TPSA) is 17.1 Å². The molecule has 0 aromatic heterocycles. The third kappa shape index (κ3) is 2.72. The lowest BCUT2D eigenvalue weighted by Crippen LogP contribution is -2.13. The predicted molar refractivity (Wildman–Crippen MR) is 51.0 cm³/mol. The molecule has 1 rings (SSSR count). The summed E-state index contributed by atoms with van der Waals surface area (Å²) in [5.74, 6) is -1.53. The van der Waals surface area contributed by atoms with E-state index < -0.39 is 34.5 Å². The van der Waals surface area contributed by atoms with Crippen LogP contribution in [0, 0.1) is 5.82 Å². The first-order chi connectivity index (χ1) is 6.93. The first-order valence-electron chi connectivity index (χ1n) is 4.19. The van der Waals surface area contributed by atoms with Gasteiger partial charge in [-0.2, -0.15) is 0 Å². The summed E-state index contributed by atoms with van der Waals surface area (Å²) in [4.78, 5) is 11.3. The predicted octanol–water partition coefficient (Wildman–Crippen LogP) is 3.57. The maximum absolute atomic E-state index is 13.1. The normalized spacial score (nSPS) is 12.9. The van der Waals surface area contributed by atoms with E-state index in [1.807, 2.05) is 0 Å². The average molecular weight is 237 g/mol. The molecule has 15 heavy (non-hydrogen) atoms. The first-order valence-corrected chi connectivity index (χ1v) is 4.63. The number of ketones is 1. The Morgan fingerprint density at radius 1 is 1.40 bits per heavy atom. The fourth-order valence-corrected chi connectivity index (χ4v) is 1.20. The number of hydrogen-bond donors (Lipinski definition) is 0. The summed E-state index contributed by atoms with van der Waals surface area (Å²) in [6, 6.07) is 2.62. The molecule has 0 saturated carbocycles. The number of carbonyl (C=O) groups excluding carboxylic acids is 1. The third-order valence-corrected chi connectivity index (χ3v) is 2.07. The van der Waals surface area contributed by atoms with Crippen molar-refractivity contribution in [2.45, 2.75) is 18.7 Å². The van der Waals surface area contributed by atoms with Crippen molar-refractivity contribution >= 4 is 17.4 Å². The van der Waals surface area contributed by atoms with Gasteiger partial charge in [-0.15, -0.1) is 11.6 Å². The zero-order chi connectivity index (χ0) is 11.6. The molecular weight excluding hydrogens is 229 g/mol. The lowest BCUT2D eigenvalue weighted by atomic mass is 10.0. The molecule has 0 bridgehead atoms. The minimum atomic E-state index is -2.73. The molecule has 1 atom stereocenters. The molecule has 0 aliphatic rings. The summed E-state index contributed by atoms with van der Waals surface area (Å²) in [6.45, 7) is 1.36. The fraction of sp³-hybridized carbons (Fsp3) is 0.300. The van der Waals surface area contributed by atoms with E-state index in [0.29, 0.717) is 0 Å². The highest BCUT2D eigenvalue weighted by Crippen LogP contribution is 2.22. The highest BCUT2D eigenvalue weighted by Gasteiger charge is 2.19. The van der Waals surface area contributed by atoms with Crippen LogP contribution in [0.1, 0.15) is 29.3 Å². The van der Waals surface area contributed by atoms with E-state index in [9.17, 15) is 18.0 Å². The van der Waals surface area contributed by atoms with E-state index in [1.54, 1.807) is 0 Å². The molecule has 0 heterocycles. The average Bonchev–Trinajstić information content (AvgIpc) is 2.16. The molecule has 0 aliphatic heterocycles. The molecule has 1 unspecified atom stereocenters. The van der Waals surface area contributed by atoms with Crippen LogP contribution in [0.25, 0.3) is 0 Å². The second-order valence-electron chi connectivity index (χ2n) is 3.02. The van der Waals surface area contributed by atoms with E-state index in [-0.39, 0.29) is 0 Å². The molecule has 0 radical (unpaired) electrons. The Kier molecular flexibility index (Phi) is 3.74. The van der Waals surface area contributed by atoms with Crippen molar-refractivity contribution in [1.82, 2.24) is 0 Å². The minimum Gasteiger partial charge on any atom is -0.292 e. The summed E-state index contributed by atoms with van der Waals surface area (Å²) in [5.41, 5.74) is -0.785. The standard InChI is InChI=1S/C10H8ClF3O/c1-5(11)9(15)7-4-6(10(13)14)2-3-8(7)12/h2-5,10H,1H3. The molecule has 0 spiro atoms. The zero-order valence-electron chi connectivity index (χ0n) is 7.81. The number of Topliss-reactive ketones (excluding diaryl/α,β-unsaturated/α-hetero) is 1. The van der Waals surface area contributed by atoms with Gasteiger partial charge in [-0.3, -0.25) is 4.79 Å². The van der Waals surface area contributed by atoms with E-state index in [1.165, 1.54) is 6.92 Å². The Morgan fingerprint density at radius 3 is 2.47 bits per heavy atom. The van der Waals surface area contributed by atoms with Crippen molar-refractivity contribution in [3.8, 4) is 0 Å². The molecule has 0 aliphatic carbocycles. The molecule has 0 fully saturated rings. The second kappa shape index (κ2) is 4.66. The number of hydrogen-bond acceptors (Lipinski definition) is 1. The lowest BCUT2D eigenvalue weighted by Gasteiger charge is -2.06. The van der Waals surface area contributed by atoms with Crippen molar-refractivity contribution in [1.29, 1.82) is 0 Å². The molecule has 1 nitrogen and oxygen atoms in total. The van der Waals surface area contributed by atoms with Gasteiger partial charge in [-0.25, -0.2) is 13.2 Å². The van der Waals surface area contributed by atoms with Crippen LogP contribution in [0.3, 0.4) is 0 Å². The van der Waals surface area contributed by atoms with Crippen LogP contribution >= 0.6 is 11.6 Å². The van der Waals surface area contributed by atoms with Crippen LogP contribution < -0.4 is 0 Å². The zero-order valence-corrected chi connectivity index (χ0v) is 8.56. The summed E-state index contributed by atoms with van der Waals surface area (Å²) in [5, 5.41) is -0.938. The number of halogens is 4. The number of carbonyl (C=O) groups is 1. The van der Waals surface area contributed by atoms with E-state index in [2.05, 4.69) is 0 Å². The number of rotatable bonds is 3. The molecule has 5 heteroatoms. The smallest absolute Gasteiger partial charge is 0.263 e. The van der Waals surface area contributed by atoms with Gasteiger partial charge < -0.3 is 0 Å². The number of benzene rings is 1. The van der Waals surface area contributed by atoms with Gasteiger partial charge in [0.2, 0.25) is 0 Å². The van der Waals surface area contributed by atoms with Gasteiger partial charge in [0.15, 0.2) is 5.78 Å². The molecule has 1 aromatic rings.